The molecule has 0 aliphatic carbocycles. The molecule has 0 fully saturated rings. The number of rotatable bonds is 5. The molecule has 0 unspecified atom stereocenters. The minimum Gasteiger partial charge on any atom is -0.462 e. The predicted molar refractivity (Wildman–Crippen MR) is 92.9 cm³/mol. The highest BCUT2D eigenvalue weighted by Gasteiger charge is 2.15. The highest BCUT2D eigenvalue weighted by molar-refractivity contribution is 6.00. The maximum absolute atomic E-state index is 12.1. The van der Waals surface area contributed by atoms with Gasteiger partial charge < -0.3 is 15.4 Å². The summed E-state index contributed by atoms with van der Waals surface area (Å²) in [6, 6.07) is 10.1. The molecule has 2 rings (SSSR count). The normalized spacial score (nSPS) is 10.0. The Morgan fingerprint density at radius 2 is 1.80 bits per heavy atom. The fourth-order valence-corrected chi connectivity index (χ4v) is 2.15. The van der Waals surface area contributed by atoms with Crippen LogP contribution in [0.3, 0.4) is 0 Å². The minimum atomic E-state index is -0.549. The Morgan fingerprint density at radius 3 is 2.40 bits per heavy atom. The predicted octanol–water partition coefficient (Wildman–Crippen LogP) is 3.72. The van der Waals surface area contributed by atoms with Crippen LogP contribution in [0, 0.1) is 17.0 Å². The Balaban J connectivity index is 2.05. The number of nitrogens with zero attached hydrogens (tertiary/aromatic N) is 1. The van der Waals surface area contributed by atoms with Gasteiger partial charge in [0.15, 0.2) is 0 Å². The van der Waals surface area contributed by atoms with Crippen LogP contribution < -0.4 is 10.6 Å². The first-order valence-corrected chi connectivity index (χ1v) is 7.51. The van der Waals surface area contributed by atoms with Crippen molar-refractivity contribution in [3.8, 4) is 0 Å². The van der Waals surface area contributed by atoms with Crippen molar-refractivity contribution in [3.05, 3.63) is 63.7 Å². The molecule has 0 aliphatic heterocycles. The monoisotopic (exact) mass is 343 g/mol. The second-order valence-electron chi connectivity index (χ2n) is 5.08. The lowest BCUT2D eigenvalue weighted by Crippen LogP contribution is -2.20. The second-order valence-corrected chi connectivity index (χ2v) is 5.08. The van der Waals surface area contributed by atoms with Crippen LogP contribution in [0.2, 0.25) is 0 Å². The standard InChI is InChI=1S/C17H17N3O5/c1-3-25-16(21)12-7-9-13(10-8-12)18-17(22)19-14-5-4-6-15(11(14)2)20(23)24/h4-10H,3H2,1-2H3,(H2,18,19,22). The summed E-state index contributed by atoms with van der Waals surface area (Å²) in [5, 5.41) is 16.1. The quantitative estimate of drug-likeness (QED) is 0.488. The van der Waals surface area contributed by atoms with Crippen LogP contribution in [0.4, 0.5) is 21.9 Å². The highest BCUT2D eigenvalue weighted by Crippen LogP contribution is 2.25. The summed E-state index contributed by atoms with van der Waals surface area (Å²) in [7, 11) is 0. The van der Waals surface area contributed by atoms with Gasteiger partial charge in [0.1, 0.15) is 0 Å². The number of nitrogens with one attached hydrogen (secondary N) is 2. The lowest BCUT2D eigenvalue weighted by molar-refractivity contribution is -0.385. The summed E-state index contributed by atoms with van der Waals surface area (Å²) in [4.78, 5) is 34.0. The number of hydrogen-bond donors (Lipinski definition) is 2. The summed E-state index contributed by atoms with van der Waals surface area (Å²) in [5.74, 6) is -0.439. The Kier molecular flexibility index (Phi) is 5.67. The van der Waals surface area contributed by atoms with E-state index in [2.05, 4.69) is 10.6 Å². The average Bonchev–Trinajstić information content (AvgIpc) is 2.57. The summed E-state index contributed by atoms with van der Waals surface area (Å²) in [6.07, 6.45) is 0. The van der Waals surface area contributed by atoms with Crippen LogP contribution in [-0.2, 0) is 4.74 Å². The smallest absolute Gasteiger partial charge is 0.338 e. The lowest BCUT2D eigenvalue weighted by atomic mass is 10.1. The SMILES string of the molecule is CCOC(=O)c1ccc(NC(=O)Nc2cccc([N+](=O)[O-])c2C)cc1. The van der Waals surface area contributed by atoms with Crippen LogP contribution in [-0.4, -0.2) is 23.5 Å². The zero-order chi connectivity index (χ0) is 18.4. The molecule has 0 heterocycles. The number of nitro benzene ring substituents is 1. The molecule has 2 aromatic carbocycles. The highest BCUT2D eigenvalue weighted by atomic mass is 16.6. The van der Waals surface area contributed by atoms with Gasteiger partial charge in [0.2, 0.25) is 0 Å². The molecular formula is C17H17N3O5. The third-order valence-electron chi connectivity index (χ3n) is 3.40. The number of nitro groups is 1. The largest absolute Gasteiger partial charge is 0.462 e. The fourth-order valence-electron chi connectivity index (χ4n) is 2.15. The van der Waals surface area contributed by atoms with Crippen LogP contribution in [0.15, 0.2) is 42.5 Å². The van der Waals surface area contributed by atoms with Gasteiger partial charge in [0, 0.05) is 11.8 Å². The van der Waals surface area contributed by atoms with Gasteiger partial charge in [-0.15, -0.1) is 0 Å². The molecule has 130 valence electrons. The molecule has 0 aliphatic rings. The van der Waals surface area contributed by atoms with E-state index in [0.29, 0.717) is 22.5 Å². The molecule has 0 spiro atoms. The molecule has 8 nitrogen and oxygen atoms in total. The van der Waals surface area contributed by atoms with Crippen LogP contribution in [0.1, 0.15) is 22.8 Å². The van der Waals surface area contributed by atoms with Gasteiger partial charge in [-0.1, -0.05) is 6.07 Å². The van der Waals surface area contributed by atoms with Crippen LogP contribution in [0.25, 0.3) is 0 Å². The molecule has 0 aromatic heterocycles. The maximum atomic E-state index is 12.1. The first kappa shape index (κ1) is 17.9. The molecular weight excluding hydrogens is 326 g/mol. The number of urea groups is 1. The first-order chi connectivity index (χ1) is 11.9. The number of amides is 2. The summed E-state index contributed by atoms with van der Waals surface area (Å²) in [6.45, 7) is 3.56. The van der Waals surface area contributed by atoms with E-state index in [1.54, 1.807) is 32.0 Å². The Hall–Kier alpha value is -3.42. The number of anilines is 2. The Morgan fingerprint density at radius 1 is 1.12 bits per heavy atom. The zero-order valence-corrected chi connectivity index (χ0v) is 13.7. The van der Waals surface area contributed by atoms with Crippen LogP contribution in [0.5, 0.6) is 0 Å². The fraction of sp³-hybridized carbons (Fsp3) is 0.176. The van der Waals surface area contributed by atoms with Crippen molar-refractivity contribution in [3.63, 3.8) is 0 Å². The number of carbonyl (C=O) groups is 2. The van der Waals surface area contributed by atoms with Gasteiger partial charge in [-0.25, -0.2) is 9.59 Å². The molecule has 2 aromatic rings. The van der Waals surface area contributed by atoms with Gasteiger partial charge in [-0.3, -0.25) is 10.1 Å². The summed E-state index contributed by atoms with van der Waals surface area (Å²) < 4.78 is 4.88. The molecule has 0 saturated carbocycles. The molecule has 2 amide bonds. The van der Waals surface area contributed by atoms with E-state index in [-0.39, 0.29) is 12.3 Å². The topological polar surface area (TPSA) is 111 Å². The van der Waals surface area contributed by atoms with Crippen molar-refractivity contribution in [2.45, 2.75) is 13.8 Å². The molecule has 2 N–H and O–H groups in total. The van der Waals surface area contributed by atoms with E-state index in [9.17, 15) is 19.7 Å². The molecule has 0 saturated heterocycles. The lowest BCUT2D eigenvalue weighted by Gasteiger charge is -2.10. The molecule has 25 heavy (non-hydrogen) atoms. The zero-order valence-electron chi connectivity index (χ0n) is 13.7. The van der Waals surface area contributed by atoms with E-state index in [0.717, 1.165) is 0 Å². The van der Waals surface area contributed by atoms with Crippen molar-refractivity contribution in [1.82, 2.24) is 0 Å². The van der Waals surface area contributed by atoms with Gasteiger partial charge in [-0.2, -0.15) is 0 Å². The van der Waals surface area contributed by atoms with Crippen molar-refractivity contribution in [1.29, 1.82) is 0 Å². The second kappa shape index (κ2) is 7.91. The average molecular weight is 343 g/mol. The van der Waals surface area contributed by atoms with E-state index in [1.165, 1.54) is 24.3 Å². The Bertz CT molecular complexity index is 802. The van der Waals surface area contributed by atoms with E-state index in [1.807, 2.05) is 0 Å². The molecule has 0 atom stereocenters. The van der Waals surface area contributed by atoms with Gasteiger partial charge in [-0.05, 0) is 44.2 Å². The van der Waals surface area contributed by atoms with Crippen molar-refractivity contribution in [2.24, 2.45) is 0 Å². The van der Waals surface area contributed by atoms with Crippen molar-refractivity contribution >= 4 is 29.1 Å². The molecule has 8 heteroatoms. The van der Waals surface area contributed by atoms with Crippen molar-refractivity contribution < 1.29 is 19.2 Å². The minimum absolute atomic E-state index is 0.0726. The molecule has 0 bridgehead atoms. The van der Waals surface area contributed by atoms with E-state index < -0.39 is 16.9 Å². The number of ether oxygens (including phenoxy) is 1. The van der Waals surface area contributed by atoms with Gasteiger partial charge >= 0.3 is 12.0 Å². The summed E-state index contributed by atoms with van der Waals surface area (Å²) >= 11 is 0. The number of hydrogen-bond acceptors (Lipinski definition) is 5. The van der Waals surface area contributed by atoms with Gasteiger partial charge in [0.25, 0.3) is 5.69 Å². The number of esters is 1. The first-order valence-electron chi connectivity index (χ1n) is 7.51. The third kappa shape index (κ3) is 4.54. The summed E-state index contributed by atoms with van der Waals surface area (Å²) in [5.41, 5.74) is 1.47. The number of carbonyl (C=O) groups excluding carboxylic acids is 2. The van der Waals surface area contributed by atoms with Gasteiger partial charge in [0.05, 0.1) is 28.3 Å². The Labute approximate surface area is 144 Å². The number of benzene rings is 2. The third-order valence-corrected chi connectivity index (χ3v) is 3.40. The molecule has 0 radical (unpaired) electrons. The van der Waals surface area contributed by atoms with Crippen molar-refractivity contribution in [2.75, 3.05) is 17.2 Å². The van der Waals surface area contributed by atoms with Crippen LogP contribution >= 0.6 is 0 Å². The van der Waals surface area contributed by atoms with E-state index >= 15 is 0 Å². The maximum Gasteiger partial charge on any atom is 0.338 e. The van der Waals surface area contributed by atoms with E-state index in [4.69, 9.17) is 4.74 Å².